The van der Waals surface area contributed by atoms with Crippen LogP contribution in [-0.2, 0) is 13.1 Å². The van der Waals surface area contributed by atoms with Crippen LogP contribution in [0.15, 0.2) is 49.1 Å². The first kappa shape index (κ1) is 15.4. The molecule has 0 saturated heterocycles. The monoisotopic (exact) mass is 306 g/mol. The van der Waals surface area contributed by atoms with Crippen molar-refractivity contribution < 1.29 is 9.13 Å². The normalized spacial score (nSPS) is 10.7. The first-order valence-electron chi connectivity index (χ1n) is 6.90. The van der Waals surface area contributed by atoms with Gasteiger partial charge in [0.2, 0.25) is 0 Å². The van der Waals surface area contributed by atoms with E-state index in [-0.39, 0.29) is 0 Å². The van der Waals surface area contributed by atoms with E-state index in [0.717, 1.165) is 24.6 Å². The van der Waals surface area contributed by atoms with Crippen molar-refractivity contribution >= 4 is 21.6 Å². The summed E-state index contributed by atoms with van der Waals surface area (Å²) in [5, 5.41) is 0. The van der Waals surface area contributed by atoms with E-state index in [1.807, 2.05) is 21.6 Å². The molecule has 0 N–H and O–H groups in total. The van der Waals surface area contributed by atoms with E-state index in [1.165, 1.54) is 11.1 Å². The Morgan fingerprint density at radius 1 is 0.700 bits per heavy atom. The average Bonchev–Trinajstić information content (AvgIpc) is 2.46. The van der Waals surface area contributed by atoms with Crippen molar-refractivity contribution in [2.24, 2.45) is 0 Å². The lowest BCUT2D eigenvalue weighted by molar-refractivity contribution is -0.692. The molecule has 2 nitrogen and oxygen atoms in total. The summed E-state index contributed by atoms with van der Waals surface area (Å²) in [5.41, 5.74) is 2.64. The molecule has 0 aliphatic carbocycles. The fourth-order valence-electron chi connectivity index (χ4n) is 1.77. The predicted octanol–water partition coefficient (Wildman–Crippen LogP) is 2.96. The summed E-state index contributed by atoms with van der Waals surface area (Å²) >= 11 is 0. The van der Waals surface area contributed by atoms with E-state index in [4.69, 9.17) is 0 Å². The first-order chi connectivity index (χ1) is 9.74. The van der Waals surface area contributed by atoms with E-state index >= 15 is 0 Å². The van der Waals surface area contributed by atoms with Crippen LogP contribution in [0.5, 0.6) is 0 Å². The quantitative estimate of drug-likeness (QED) is 0.441. The predicted molar refractivity (Wildman–Crippen MR) is 87.7 cm³/mol. The highest BCUT2D eigenvalue weighted by atomic mass is 33.1. The molecule has 0 aromatic carbocycles. The molecule has 2 rings (SSSR count). The lowest BCUT2D eigenvalue weighted by Gasteiger charge is -1.99. The molecule has 20 heavy (non-hydrogen) atoms. The van der Waals surface area contributed by atoms with Gasteiger partial charge in [-0.05, 0) is 25.0 Å². The van der Waals surface area contributed by atoms with Crippen LogP contribution in [0.25, 0.3) is 0 Å². The van der Waals surface area contributed by atoms with E-state index < -0.39 is 0 Å². The van der Waals surface area contributed by atoms with Crippen LogP contribution >= 0.6 is 21.6 Å². The summed E-state index contributed by atoms with van der Waals surface area (Å²) in [7, 11) is 3.91. The van der Waals surface area contributed by atoms with Crippen LogP contribution in [0.1, 0.15) is 11.1 Å². The highest BCUT2D eigenvalue weighted by Crippen LogP contribution is 2.19. The van der Waals surface area contributed by atoms with E-state index in [0.29, 0.717) is 0 Å². The van der Waals surface area contributed by atoms with Crippen LogP contribution in [-0.4, -0.2) is 11.5 Å². The fourth-order valence-corrected chi connectivity index (χ4v) is 3.73. The summed E-state index contributed by atoms with van der Waals surface area (Å²) in [4.78, 5) is 0. The molecule has 2 aromatic rings. The molecule has 0 unspecified atom stereocenters. The second kappa shape index (κ2) is 8.32. The van der Waals surface area contributed by atoms with Crippen LogP contribution in [0.3, 0.4) is 0 Å². The van der Waals surface area contributed by atoms with E-state index in [1.54, 1.807) is 0 Å². The van der Waals surface area contributed by atoms with Crippen LogP contribution in [0, 0.1) is 13.8 Å². The number of hydrogen-bond acceptors (Lipinski definition) is 2. The molecule has 106 valence electrons. The smallest absolute Gasteiger partial charge is 0.169 e. The minimum atomic E-state index is 1.08. The Bertz CT molecular complexity index is 460. The molecule has 0 fully saturated rings. The van der Waals surface area contributed by atoms with Crippen molar-refractivity contribution in [1.82, 2.24) is 0 Å². The van der Waals surface area contributed by atoms with Crippen molar-refractivity contribution in [2.45, 2.75) is 26.9 Å². The van der Waals surface area contributed by atoms with Gasteiger partial charge in [0.25, 0.3) is 0 Å². The lowest BCUT2D eigenvalue weighted by Crippen LogP contribution is -2.34. The SMILES string of the molecule is Cc1cc[n+](CCSSCC[n+]2ccc(C)cc2)cc1. The molecule has 0 aliphatic heterocycles. The number of aromatic nitrogens is 2. The molecular formula is C16H22N2S2+2. The topological polar surface area (TPSA) is 7.76 Å². The number of nitrogens with zero attached hydrogens (tertiary/aromatic N) is 2. The maximum atomic E-state index is 2.25. The standard InChI is InChI=1S/C16H22N2S2/c1-15-3-7-17(8-4-15)11-13-19-20-14-12-18-9-5-16(2)6-10-18/h3-10H,11-14H2,1-2H3/q+2. The average molecular weight is 306 g/mol. The minimum absolute atomic E-state index is 1.08. The summed E-state index contributed by atoms with van der Waals surface area (Å²) < 4.78 is 4.49. The number of hydrogen-bond donors (Lipinski definition) is 0. The number of pyridine rings is 2. The van der Waals surface area contributed by atoms with Crippen molar-refractivity contribution in [3.63, 3.8) is 0 Å². The molecule has 0 bridgehead atoms. The first-order valence-corrected chi connectivity index (χ1v) is 9.39. The second-order valence-corrected chi connectivity index (χ2v) is 7.57. The Morgan fingerprint density at radius 3 is 1.40 bits per heavy atom. The van der Waals surface area contributed by atoms with Crippen LogP contribution in [0.4, 0.5) is 0 Å². The van der Waals surface area contributed by atoms with Gasteiger partial charge in [-0.25, -0.2) is 9.13 Å². The molecule has 4 heteroatoms. The van der Waals surface area contributed by atoms with Gasteiger partial charge in [-0.15, -0.1) is 0 Å². The number of aryl methyl sites for hydroxylation is 4. The third kappa shape index (κ3) is 5.55. The van der Waals surface area contributed by atoms with Gasteiger partial charge in [-0.3, -0.25) is 0 Å². The molecule has 0 radical (unpaired) electrons. The molecule has 0 saturated carbocycles. The Kier molecular flexibility index (Phi) is 6.40. The highest BCUT2D eigenvalue weighted by Gasteiger charge is 2.02. The van der Waals surface area contributed by atoms with Gasteiger partial charge >= 0.3 is 0 Å². The van der Waals surface area contributed by atoms with Gasteiger partial charge < -0.3 is 0 Å². The molecule has 2 heterocycles. The Morgan fingerprint density at radius 2 is 1.05 bits per heavy atom. The Labute approximate surface area is 129 Å². The van der Waals surface area contributed by atoms with E-state index in [2.05, 4.69) is 72.0 Å². The van der Waals surface area contributed by atoms with Crippen LogP contribution in [0.2, 0.25) is 0 Å². The third-order valence-corrected chi connectivity index (χ3v) is 5.43. The zero-order valence-corrected chi connectivity index (χ0v) is 13.8. The fraction of sp³-hybridized carbons (Fsp3) is 0.375. The van der Waals surface area contributed by atoms with Crippen molar-refractivity contribution in [1.29, 1.82) is 0 Å². The molecule has 0 spiro atoms. The second-order valence-electron chi connectivity index (χ2n) is 4.87. The van der Waals surface area contributed by atoms with Crippen molar-refractivity contribution in [3.05, 3.63) is 60.2 Å². The van der Waals surface area contributed by atoms with Gasteiger partial charge in [-0.1, -0.05) is 21.6 Å². The van der Waals surface area contributed by atoms with Crippen LogP contribution < -0.4 is 9.13 Å². The summed E-state index contributed by atoms with van der Waals surface area (Å²) in [6.45, 7) is 6.40. The summed E-state index contributed by atoms with van der Waals surface area (Å²) in [6.07, 6.45) is 8.62. The minimum Gasteiger partial charge on any atom is -0.204 e. The highest BCUT2D eigenvalue weighted by molar-refractivity contribution is 8.76. The molecule has 0 atom stereocenters. The largest absolute Gasteiger partial charge is 0.204 e. The maximum absolute atomic E-state index is 2.25. The Balaban J connectivity index is 1.57. The van der Waals surface area contributed by atoms with Gasteiger partial charge in [0.15, 0.2) is 37.9 Å². The lowest BCUT2D eigenvalue weighted by atomic mass is 10.3. The number of rotatable bonds is 7. The van der Waals surface area contributed by atoms with Gasteiger partial charge in [0.05, 0.1) is 11.5 Å². The maximum Gasteiger partial charge on any atom is 0.169 e. The zero-order chi connectivity index (χ0) is 14.2. The van der Waals surface area contributed by atoms with Gasteiger partial charge in [0.1, 0.15) is 0 Å². The van der Waals surface area contributed by atoms with E-state index in [9.17, 15) is 0 Å². The van der Waals surface area contributed by atoms with Crippen molar-refractivity contribution in [2.75, 3.05) is 11.5 Å². The molecule has 0 aliphatic rings. The molecule has 2 aromatic heterocycles. The van der Waals surface area contributed by atoms with Gasteiger partial charge in [-0.2, -0.15) is 0 Å². The summed E-state index contributed by atoms with van der Waals surface area (Å²) in [6, 6.07) is 8.63. The molecular weight excluding hydrogens is 284 g/mol. The Hall–Kier alpha value is -1.00. The van der Waals surface area contributed by atoms with Gasteiger partial charge in [0, 0.05) is 24.3 Å². The zero-order valence-electron chi connectivity index (χ0n) is 12.2. The third-order valence-electron chi connectivity index (χ3n) is 3.06. The summed E-state index contributed by atoms with van der Waals surface area (Å²) in [5.74, 6) is 2.30. The molecule has 0 amide bonds. The van der Waals surface area contributed by atoms with Crippen molar-refractivity contribution in [3.8, 4) is 0 Å².